The van der Waals surface area contributed by atoms with Crippen LogP contribution in [0.25, 0.3) is 0 Å². The van der Waals surface area contributed by atoms with Gasteiger partial charge in [0.2, 0.25) is 0 Å². The van der Waals surface area contributed by atoms with E-state index in [1.54, 1.807) is 4.90 Å². The molecule has 0 bridgehead atoms. The number of nitrogens with zero attached hydrogens (tertiary/aromatic N) is 2. The standard InChI is InChI=1S/C12H16N2OS/c1-10(2)9-14(7-4-6-13)12(15)11-5-3-8-16-11/h3,5,8,10H,4,7,9H2,1-2H3. The van der Waals surface area contributed by atoms with E-state index in [1.165, 1.54) is 11.3 Å². The SMILES string of the molecule is CC(C)CN(CCC#N)C(=O)c1cccs1. The van der Waals surface area contributed by atoms with Crippen LogP contribution in [0.5, 0.6) is 0 Å². The Balaban J connectivity index is 2.68. The quantitative estimate of drug-likeness (QED) is 0.789. The molecule has 1 aromatic heterocycles. The van der Waals surface area contributed by atoms with Gasteiger partial charge in [-0.05, 0) is 17.4 Å². The van der Waals surface area contributed by atoms with Crippen molar-refractivity contribution in [3.63, 3.8) is 0 Å². The van der Waals surface area contributed by atoms with Crippen molar-refractivity contribution < 1.29 is 4.79 Å². The molecule has 0 aliphatic rings. The summed E-state index contributed by atoms with van der Waals surface area (Å²) in [6, 6.07) is 5.78. The average molecular weight is 236 g/mol. The second kappa shape index (κ2) is 6.29. The normalized spacial score (nSPS) is 10.1. The van der Waals surface area contributed by atoms with Crippen LogP contribution in [0.15, 0.2) is 17.5 Å². The van der Waals surface area contributed by atoms with Crippen molar-refractivity contribution >= 4 is 17.2 Å². The van der Waals surface area contributed by atoms with E-state index in [-0.39, 0.29) is 5.91 Å². The largest absolute Gasteiger partial charge is 0.337 e. The zero-order valence-electron chi connectivity index (χ0n) is 9.64. The third-order valence-corrected chi connectivity index (χ3v) is 2.96. The molecule has 0 aliphatic heterocycles. The molecule has 0 saturated heterocycles. The molecule has 1 amide bonds. The Kier molecular flexibility index (Phi) is 5.00. The topological polar surface area (TPSA) is 44.1 Å². The smallest absolute Gasteiger partial charge is 0.263 e. The van der Waals surface area contributed by atoms with Gasteiger partial charge in [0.25, 0.3) is 5.91 Å². The number of hydrogen-bond donors (Lipinski definition) is 0. The van der Waals surface area contributed by atoms with Crippen LogP contribution < -0.4 is 0 Å². The number of carbonyl (C=O) groups is 1. The van der Waals surface area contributed by atoms with E-state index in [0.717, 1.165) is 4.88 Å². The van der Waals surface area contributed by atoms with E-state index in [2.05, 4.69) is 19.9 Å². The lowest BCUT2D eigenvalue weighted by Crippen LogP contribution is -2.34. The highest BCUT2D eigenvalue weighted by molar-refractivity contribution is 7.12. The van der Waals surface area contributed by atoms with E-state index in [0.29, 0.717) is 25.4 Å². The fraction of sp³-hybridized carbons (Fsp3) is 0.500. The lowest BCUT2D eigenvalue weighted by molar-refractivity contribution is 0.0745. The second-order valence-corrected chi connectivity index (χ2v) is 4.98. The van der Waals surface area contributed by atoms with Gasteiger partial charge in [0.05, 0.1) is 17.4 Å². The number of rotatable bonds is 5. The Labute approximate surface area is 100 Å². The molecule has 16 heavy (non-hydrogen) atoms. The highest BCUT2D eigenvalue weighted by atomic mass is 32.1. The third-order valence-electron chi connectivity index (χ3n) is 2.10. The van der Waals surface area contributed by atoms with Crippen LogP contribution in [0.2, 0.25) is 0 Å². The molecule has 0 spiro atoms. The maximum atomic E-state index is 12.1. The number of amides is 1. The lowest BCUT2D eigenvalue weighted by atomic mass is 10.2. The number of nitriles is 1. The first-order chi connectivity index (χ1) is 7.65. The molecule has 1 rings (SSSR count). The highest BCUT2D eigenvalue weighted by Gasteiger charge is 2.16. The summed E-state index contributed by atoms with van der Waals surface area (Å²) in [7, 11) is 0. The molecule has 0 saturated carbocycles. The van der Waals surface area contributed by atoms with Gasteiger partial charge in [-0.25, -0.2) is 0 Å². The average Bonchev–Trinajstić information content (AvgIpc) is 2.76. The van der Waals surface area contributed by atoms with Gasteiger partial charge in [-0.3, -0.25) is 4.79 Å². The molecule has 1 heterocycles. The van der Waals surface area contributed by atoms with Gasteiger partial charge in [0.15, 0.2) is 0 Å². The van der Waals surface area contributed by atoms with Crippen molar-refractivity contribution in [2.75, 3.05) is 13.1 Å². The zero-order valence-corrected chi connectivity index (χ0v) is 10.5. The molecular weight excluding hydrogens is 220 g/mol. The van der Waals surface area contributed by atoms with Gasteiger partial charge in [-0.2, -0.15) is 5.26 Å². The lowest BCUT2D eigenvalue weighted by Gasteiger charge is -2.22. The van der Waals surface area contributed by atoms with Gasteiger partial charge in [0, 0.05) is 13.1 Å². The van der Waals surface area contributed by atoms with Crippen molar-refractivity contribution in [1.29, 1.82) is 5.26 Å². The van der Waals surface area contributed by atoms with Crippen molar-refractivity contribution in [1.82, 2.24) is 4.90 Å². The van der Waals surface area contributed by atoms with Gasteiger partial charge in [-0.1, -0.05) is 19.9 Å². The summed E-state index contributed by atoms with van der Waals surface area (Å²) < 4.78 is 0. The van der Waals surface area contributed by atoms with Crippen LogP contribution in [0.3, 0.4) is 0 Å². The Bertz CT molecular complexity index is 365. The van der Waals surface area contributed by atoms with Crippen LogP contribution in [-0.4, -0.2) is 23.9 Å². The molecule has 0 N–H and O–H groups in total. The molecular formula is C12H16N2OS. The summed E-state index contributed by atoms with van der Waals surface area (Å²) in [5, 5.41) is 10.5. The highest BCUT2D eigenvalue weighted by Crippen LogP contribution is 2.13. The molecule has 0 radical (unpaired) electrons. The Morgan fingerprint density at radius 2 is 2.38 bits per heavy atom. The van der Waals surface area contributed by atoms with E-state index in [9.17, 15) is 4.79 Å². The van der Waals surface area contributed by atoms with Gasteiger partial charge in [-0.15, -0.1) is 11.3 Å². The first-order valence-corrected chi connectivity index (χ1v) is 6.23. The predicted molar refractivity (Wildman–Crippen MR) is 65.3 cm³/mol. The molecule has 3 nitrogen and oxygen atoms in total. The summed E-state index contributed by atoms with van der Waals surface area (Å²) in [4.78, 5) is 14.6. The molecule has 86 valence electrons. The fourth-order valence-electron chi connectivity index (χ4n) is 1.46. The molecule has 1 aromatic rings. The zero-order chi connectivity index (χ0) is 12.0. The minimum absolute atomic E-state index is 0.0407. The number of carbonyl (C=O) groups excluding carboxylic acids is 1. The minimum Gasteiger partial charge on any atom is -0.337 e. The molecule has 0 aliphatic carbocycles. The van der Waals surface area contributed by atoms with Crippen molar-refractivity contribution in [2.24, 2.45) is 5.92 Å². The third kappa shape index (κ3) is 3.67. The summed E-state index contributed by atoms with van der Waals surface area (Å²) >= 11 is 1.45. The van der Waals surface area contributed by atoms with E-state index in [4.69, 9.17) is 5.26 Å². The first kappa shape index (κ1) is 12.7. The molecule has 4 heteroatoms. The monoisotopic (exact) mass is 236 g/mol. The molecule has 0 fully saturated rings. The van der Waals surface area contributed by atoms with Gasteiger partial charge < -0.3 is 4.90 Å². The molecule has 0 unspecified atom stereocenters. The summed E-state index contributed by atoms with van der Waals surface area (Å²) in [5.74, 6) is 0.460. The summed E-state index contributed by atoms with van der Waals surface area (Å²) in [6.45, 7) is 5.37. The number of thiophene rings is 1. The van der Waals surface area contributed by atoms with Crippen LogP contribution >= 0.6 is 11.3 Å². The van der Waals surface area contributed by atoms with Crippen LogP contribution in [0, 0.1) is 17.2 Å². The van der Waals surface area contributed by atoms with Gasteiger partial charge >= 0.3 is 0 Å². The summed E-state index contributed by atoms with van der Waals surface area (Å²) in [6.07, 6.45) is 0.393. The summed E-state index contributed by atoms with van der Waals surface area (Å²) in [5.41, 5.74) is 0. The van der Waals surface area contributed by atoms with E-state index in [1.807, 2.05) is 17.5 Å². The number of hydrogen-bond acceptors (Lipinski definition) is 3. The van der Waals surface area contributed by atoms with Gasteiger partial charge in [0.1, 0.15) is 0 Å². The van der Waals surface area contributed by atoms with Crippen LogP contribution in [0.4, 0.5) is 0 Å². The van der Waals surface area contributed by atoms with Crippen molar-refractivity contribution in [2.45, 2.75) is 20.3 Å². The van der Waals surface area contributed by atoms with Crippen LogP contribution in [-0.2, 0) is 0 Å². The Hall–Kier alpha value is -1.34. The predicted octanol–water partition coefficient (Wildman–Crippen LogP) is 2.76. The fourth-order valence-corrected chi connectivity index (χ4v) is 2.15. The first-order valence-electron chi connectivity index (χ1n) is 5.35. The maximum absolute atomic E-state index is 12.1. The van der Waals surface area contributed by atoms with Crippen molar-refractivity contribution in [3.05, 3.63) is 22.4 Å². The molecule has 0 aromatic carbocycles. The molecule has 0 atom stereocenters. The van der Waals surface area contributed by atoms with E-state index < -0.39 is 0 Å². The van der Waals surface area contributed by atoms with Crippen molar-refractivity contribution in [3.8, 4) is 6.07 Å². The van der Waals surface area contributed by atoms with Crippen LogP contribution in [0.1, 0.15) is 29.9 Å². The Morgan fingerprint density at radius 1 is 1.62 bits per heavy atom. The second-order valence-electron chi connectivity index (χ2n) is 4.03. The van der Waals surface area contributed by atoms with E-state index >= 15 is 0 Å². The maximum Gasteiger partial charge on any atom is 0.263 e. The Morgan fingerprint density at radius 3 is 2.88 bits per heavy atom. The minimum atomic E-state index is 0.0407.